The molecule has 1 aliphatic heterocycles. The maximum atomic E-state index is 10.7. The largest absolute Gasteiger partial charge is 0.741 e. The van der Waals surface area contributed by atoms with E-state index < -0.39 is 15.6 Å². The minimum Gasteiger partial charge on any atom is -0.741 e. The van der Waals surface area contributed by atoms with E-state index in [1.54, 1.807) is 0 Å². The Morgan fingerprint density at radius 3 is 2.09 bits per heavy atom. The topological polar surface area (TPSA) is 57.2 Å². The van der Waals surface area contributed by atoms with Gasteiger partial charge < -0.3 is 4.55 Å². The predicted octanol–water partition coefficient (Wildman–Crippen LogP) is 1.15. The Morgan fingerprint density at radius 1 is 1.00 bits per heavy atom. The second-order valence-corrected chi connectivity index (χ2v) is 9.16. The lowest BCUT2D eigenvalue weighted by molar-refractivity contribution is -0.589. The first kappa shape index (κ1) is 18.8. The van der Waals surface area contributed by atoms with Crippen LogP contribution in [-0.2, 0) is 10.1 Å². The molecule has 0 atom stereocenters. The average Bonchev–Trinajstić information content (AvgIpc) is 2.82. The fourth-order valence-corrected chi connectivity index (χ4v) is 5.53. The highest BCUT2D eigenvalue weighted by Gasteiger charge is 2.37. The Labute approximate surface area is 150 Å². The van der Waals surface area contributed by atoms with E-state index in [1.807, 2.05) is 12.1 Å². The summed E-state index contributed by atoms with van der Waals surface area (Å²) >= 11 is 12.3. The molecule has 3 nitrogen and oxygen atoms in total. The van der Waals surface area contributed by atoms with E-state index in [4.69, 9.17) is 36.2 Å². The van der Waals surface area contributed by atoms with Gasteiger partial charge in [-0.3, -0.25) is 0 Å². The molecule has 2 aromatic rings. The average molecular weight is 497 g/mol. The fraction of sp³-hybridized carbons (Fsp3) is 0.0769. The lowest BCUT2D eigenvalue weighted by Gasteiger charge is -2.08. The fourth-order valence-electron chi connectivity index (χ4n) is 1.71. The van der Waals surface area contributed by atoms with Gasteiger partial charge in [-0.1, -0.05) is 35.3 Å². The van der Waals surface area contributed by atoms with Gasteiger partial charge in [-0.2, -0.15) is 13.2 Å². The molecule has 0 aliphatic carbocycles. The standard InChI is InChI=1S/C12H6Cl2I.CHF3O3S/c13-8-5-6-9(14)12-11(8)7-3-1-2-4-10(7)15-12;2-1(3,4)8(5,6)7/h1-6H;(H,5,6,7)/q+1;/p-1. The summed E-state index contributed by atoms with van der Waals surface area (Å²) in [5.74, 6) is 0. The number of fused-ring (bicyclic) bond motifs is 3. The van der Waals surface area contributed by atoms with Gasteiger partial charge in [-0.25, -0.2) is 8.42 Å². The molecule has 0 fully saturated rings. The molecule has 1 heterocycles. The number of rotatable bonds is 0. The zero-order chi connectivity index (χ0) is 17.4. The summed E-state index contributed by atoms with van der Waals surface area (Å²) in [6.07, 6.45) is 0. The van der Waals surface area contributed by atoms with Crippen LogP contribution in [0.5, 0.6) is 0 Å². The van der Waals surface area contributed by atoms with Crippen LogP contribution in [0.3, 0.4) is 0 Å². The smallest absolute Gasteiger partial charge is 0.485 e. The maximum Gasteiger partial charge on any atom is 0.485 e. The normalized spacial score (nSPS) is 13.0. The van der Waals surface area contributed by atoms with E-state index in [-0.39, 0.29) is 21.2 Å². The number of hydrogen-bond acceptors (Lipinski definition) is 3. The highest BCUT2D eigenvalue weighted by Crippen LogP contribution is 2.32. The summed E-state index contributed by atoms with van der Waals surface area (Å²) in [4.78, 5) is 0. The first-order valence-corrected chi connectivity index (χ1v) is 10.1. The zero-order valence-corrected chi connectivity index (χ0v) is 15.4. The molecule has 0 spiro atoms. The summed E-state index contributed by atoms with van der Waals surface area (Å²) in [6, 6.07) is 12.2. The van der Waals surface area contributed by atoms with E-state index in [2.05, 4.69) is 24.3 Å². The molecule has 23 heavy (non-hydrogen) atoms. The van der Waals surface area contributed by atoms with Crippen LogP contribution < -0.4 is 21.2 Å². The van der Waals surface area contributed by atoms with E-state index in [0.29, 0.717) is 0 Å². The maximum absolute atomic E-state index is 10.7. The lowest BCUT2D eigenvalue weighted by atomic mass is 10.1. The lowest BCUT2D eigenvalue weighted by Crippen LogP contribution is -3.61. The zero-order valence-electron chi connectivity index (χ0n) is 10.9. The first-order valence-electron chi connectivity index (χ1n) is 5.77. The number of hydrogen-bond donors (Lipinski definition) is 0. The van der Waals surface area contributed by atoms with Crippen LogP contribution in [0, 0.1) is 7.14 Å². The first-order chi connectivity index (χ1) is 10.5. The molecule has 0 unspecified atom stereocenters. The number of benzene rings is 2. The Balaban J connectivity index is 0.000000207. The predicted molar refractivity (Wildman–Crippen MR) is 75.0 cm³/mol. The van der Waals surface area contributed by atoms with Crippen molar-refractivity contribution in [2.75, 3.05) is 0 Å². The van der Waals surface area contributed by atoms with E-state index in [1.165, 1.54) is 12.7 Å². The molecule has 0 saturated carbocycles. The third kappa shape index (κ3) is 4.11. The second-order valence-electron chi connectivity index (χ2n) is 4.19. The van der Waals surface area contributed by atoms with Crippen molar-refractivity contribution in [2.45, 2.75) is 5.51 Å². The van der Waals surface area contributed by atoms with Crippen molar-refractivity contribution in [3.8, 4) is 11.1 Å². The summed E-state index contributed by atoms with van der Waals surface area (Å²) in [7, 11) is -6.09. The number of alkyl halides is 3. The molecule has 0 saturated heterocycles. The van der Waals surface area contributed by atoms with Crippen LogP contribution in [0.4, 0.5) is 13.2 Å². The molecule has 2 aromatic carbocycles. The van der Waals surface area contributed by atoms with E-state index in [9.17, 15) is 13.2 Å². The van der Waals surface area contributed by atoms with Crippen molar-refractivity contribution in [3.05, 3.63) is 53.6 Å². The van der Waals surface area contributed by atoms with Crippen LogP contribution in [0.25, 0.3) is 11.1 Å². The molecular weight excluding hydrogens is 491 g/mol. The van der Waals surface area contributed by atoms with Crippen LogP contribution in [0.15, 0.2) is 36.4 Å². The molecule has 0 amide bonds. The van der Waals surface area contributed by atoms with Crippen LogP contribution in [0.2, 0.25) is 10.0 Å². The van der Waals surface area contributed by atoms with Crippen molar-refractivity contribution in [1.29, 1.82) is 0 Å². The molecule has 0 radical (unpaired) electrons. The summed E-state index contributed by atoms with van der Waals surface area (Å²) in [5, 5.41) is 1.68. The van der Waals surface area contributed by atoms with Gasteiger partial charge in [0.15, 0.2) is 10.1 Å². The SMILES string of the molecule is Clc1ccc(Cl)c2c1[I+]c1ccccc1-2.O=S(=O)([O-])C(F)(F)F. The Bertz CT molecular complexity index is 854. The highest BCUT2D eigenvalue weighted by atomic mass is 127. The molecular formula is C13H6Cl2F3IO3S. The molecule has 0 aromatic heterocycles. The van der Waals surface area contributed by atoms with Gasteiger partial charge in [-0.15, -0.1) is 0 Å². The van der Waals surface area contributed by atoms with E-state index >= 15 is 0 Å². The molecule has 1 aliphatic rings. The minimum atomic E-state index is -6.09. The summed E-state index contributed by atoms with van der Waals surface area (Å²) in [5.41, 5.74) is -3.21. The van der Waals surface area contributed by atoms with Gasteiger partial charge in [0, 0.05) is 5.56 Å². The van der Waals surface area contributed by atoms with Crippen molar-refractivity contribution in [2.24, 2.45) is 0 Å². The quantitative estimate of drug-likeness (QED) is 0.203. The van der Waals surface area contributed by atoms with Gasteiger partial charge >= 0.3 is 26.7 Å². The third-order valence-corrected chi connectivity index (χ3v) is 7.36. The summed E-state index contributed by atoms with van der Waals surface area (Å²) in [6.45, 7) is 0. The van der Waals surface area contributed by atoms with Gasteiger partial charge in [-0.05, 0) is 24.3 Å². The summed E-state index contributed by atoms with van der Waals surface area (Å²) < 4.78 is 61.6. The van der Waals surface area contributed by atoms with Crippen LogP contribution >= 0.6 is 23.2 Å². The van der Waals surface area contributed by atoms with E-state index in [0.717, 1.165) is 15.6 Å². The molecule has 0 bridgehead atoms. The molecule has 10 heteroatoms. The van der Waals surface area contributed by atoms with Gasteiger partial charge in [0.1, 0.15) is 0 Å². The highest BCUT2D eigenvalue weighted by molar-refractivity contribution is 7.86. The van der Waals surface area contributed by atoms with Crippen molar-refractivity contribution >= 4 is 33.3 Å². The van der Waals surface area contributed by atoms with Crippen LogP contribution in [-0.4, -0.2) is 18.5 Å². The number of halogens is 6. The van der Waals surface area contributed by atoms with Crippen LogP contribution in [0.1, 0.15) is 0 Å². The molecule has 0 N–H and O–H groups in total. The monoisotopic (exact) mass is 496 g/mol. The van der Waals surface area contributed by atoms with Gasteiger partial charge in [0.2, 0.25) is 7.14 Å². The molecule has 124 valence electrons. The Hall–Kier alpha value is -0.550. The van der Waals surface area contributed by atoms with Crippen molar-refractivity contribution < 1.29 is 47.3 Å². The Kier molecular flexibility index (Phi) is 5.51. The van der Waals surface area contributed by atoms with Gasteiger partial charge in [0.05, 0.1) is 15.6 Å². The van der Waals surface area contributed by atoms with Crippen molar-refractivity contribution in [1.82, 2.24) is 0 Å². The minimum absolute atomic E-state index is 0.152. The van der Waals surface area contributed by atoms with Gasteiger partial charge in [0.25, 0.3) is 0 Å². The Morgan fingerprint density at radius 2 is 1.52 bits per heavy atom. The molecule has 3 rings (SSSR count). The second kappa shape index (κ2) is 6.75. The third-order valence-electron chi connectivity index (χ3n) is 2.67. The van der Waals surface area contributed by atoms with Crippen molar-refractivity contribution in [3.63, 3.8) is 0 Å².